The van der Waals surface area contributed by atoms with Crippen molar-refractivity contribution in [1.82, 2.24) is 25.0 Å². The highest BCUT2D eigenvalue weighted by molar-refractivity contribution is 6.30. The molecular weight excluding hydrogens is 437 g/mol. The van der Waals surface area contributed by atoms with Crippen LogP contribution in [-0.4, -0.2) is 38.9 Å². The molecule has 9 nitrogen and oxygen atoms in total. The summed E-state index contributed by atoms with van der Waals surface area (Å²) in [6.45, 7) is 0.239. The number of carbonyl (C=O) groups is 1. The van der Waals surface area contributed by atoms with E-state index < -0.39 is 5.82 Å². The number of aliphatic imine (C=N–C) groups is 1. The fraction of sp³-hybridized carbons (Fsp3) is 0.0952. The van der Waals surface area contributed by atoms with E-state index in [-0.39, 0.29) is 18.0 Å². The molecule has 4 aromatic rings. The maximum absolute atomic E-state index is 14.2. The number of halogens is 2. The fourth-order valence-corrected chi connectivity index (χ4v) is 3.36. The fourth-order valence-electron chi connectivity index (χ4n) is 3.19. The first kappa shape index (κ1) is 21.2. The number of hydroxylamine groups is 1. The Kier molecular flexibility index (Phi) is 5.95. The van der Waals surface area contributed by atoms with Crippen molar-refractivity contribution in [3.8, 4) is 11.3 Å². The highest BCUT2D eigenvalue weighted by atomic mass is 35.5. The van der Waals surface area contributed by atoms with Gasteiger partial charge >= 0.3 is 6.47 Å². The molecule has 0 amide bonds. The molecule has 0 bridgehead atoms. The van der Waals surface area contributed by atoms with E-state index in [0.29, 0.717) is 39.0 Å². The first-order valence-electron chi connectivity index (χ1n) is 9.34. The zero-order valence-corrected chi connectivity index (χ0v) is 17.8. The Hall–Kier alpha value is -4.05. The van der Waals surface area contributed by atoms with Gasteiger partial charge in [-0.3, -0.25) is 14.8 Å². The molecule has 3 aromatic heterocycles. The number of anilines is 2. The number of fused-ring (bicyclic) bond motifs is 1. The van der Waals surface area contributed by atoms with Crippen LogP contribution in [0.5, 0.6) is 0 Å². The van der Waals surface area contributed by atoms with Crippen LogP contribution in [0, 0.1) is 5.82 Å². The van der Waals surface area contributed by atoms with Gasteiger partial charge in [0, 0.05) is 32.1 Å². The van der Waals surface area contributed by atoms with Crippen LogP contribution in [-0.2, 0) is 16.7 Å². The van der Waals surface area contributed by atoms with Gasteiger partial charge in [0.1, 0.15) is 11.5 Å². The van der Waals surface area contributed by atoms with E-state index in [2.05, 4.69) is 35.6 Å². The monoisotopic (exact) mass is 453 g/mol. The molecule has 3 heterocycles. The van der Waals surface area contributed by atoms with Crippen molar-refractivity contribution in [2.45, 2.75) is 0 Å². The van der Waals surface area contributed by atoms with E-state index in [4.69, 9.17) is 11.6 Å². The van der Waals surface area contributed by atoms with Gasteiger partial charge in [0.25, 0.3) is 0 Å². The van der Waals surface area contributed by atoms with Crippen LogP contribution in [0.1, 0.15) is 5.69 Å². The molecule has 0 fully saturated rings. The minimum Gasteiger partial charge on any atom is -0.345 e. The number of hydrogen-bond donors (Lipinski definition) is 2. The summed E-state index contributed by atoms with van der Waals surface area (Å²) in [5, 5.41) is 3.44. The standard InChI is InChI=1S/C21H17ClFN7O2/c1-24-20(29-32-11-31)17-8-16-19(18(26-17)12-7-13(22)10-25-9-12)30(2)21(28-16)27-15-6-4-3-5-14(15)23/h3-11H,1-2H3,(H,24,29)(H,27,28). The number of aromatic nitrogens is 4. The van der Waals surface area contributed by atoms with Crippen molar-refractivity contribution >= 4 is 46.6 Å². The third kappa shape index (κ3) is 4.08. The number of benzene rings is 1. The van der Waals surface area contributed by atoms with Crippen LogP contribution >= 0.6 is 11.6 Å². The Morgan fingerprint density at radius 1 is 1.25 bits per heavy atom. The van der Waals surface area contributed by atoms with Crippen molar-refractivity contribution in [2.24, 2.45) is 12.0 Å². The smallest absolute Gasteiger partial charge is 0.320 e. The molecule has 0 aliphatic rings. The quantitative estimate of drug-likeness (QED) is 0.199. The van der Waals surface area contributed by atoms with Gasteiger partial charge in [-0.05, 0) is 24.3 Å². The van der Waals surface area contributed by atoms with Crippen LogP contribution in [0.3, 0.4) is 0 Å². The van der Waals surface area contributed by atoms with Gasteiger partial charge in [-0.25, -0.2) is 14.4 Å². The van der Waals surface area contributed by atoms with E-state index >= 15 is 0 Å². The Morgan fingerprint density at radius 3 is 2.78 bits per heavy atom. The molecule has 2 N–H and O–H groups in total. The van der Waals surface area contributed by atoms with Gasteiger partial charge in [-0.1, -0.05) is 23.7 Å². The number of carbonyl (C=O) groups excluding carboxylic acids is 1. The molecule has 32 heavy (non-hydrogen) atoms. The second-order valence-corrected chi connectivity index (χ2v) is 7.04. The number of nitrogens with one attached hydrogen (secondary N) is 2. The van der Waals surface area contributed by atoms with Crippen molar-refractivity contribution in [1.29, 1.82) is 0 Å². The summed E-state index contributed by atoms with van der Waals surface area (Å²) in [6, 6.07) is 9.69. The van der Waals surface area contributed by atoms with E-state index in [9.17, 15) is 9.18 Å². The molecule has 162 valence electrons. The average molecular weight is 454 g/mol. The molecule has 11 heteroatoms. The predicted molar refractivity (Wildman–Crippen MR) is 119 cm³/mol. The van der Waals surface area contributed by atoms with Gasteiger partial charge in [-0.2, -0.15) is 5.48 Å². The summed E-state index contributed by atoms with van der Waals surface area (Å²) < 4.78 is 15.9. The Bertz CT molecular complexity index is 1340. The van der Waals surface area contributed by atoms with Gasteiger partial charge in [0.15, 0.2) is 5.84 Å². The van der Waals surface area contributed by atoms with Crippen LogP contribution in [0.4, 0.5) is 16.0 Å². The molecule has 1 aromatic carbocycles. The van der Waals surface area contributed by atoms with Crippen LogP contribution < -0.4 is 10.8 Å². The zero-order valence-electron chi connectivity index (χ0n) is 17.0. The molecule has 0 aliphatic carbocycles. The van der Waals surface area contributed by atoms with Crippen LogP contribution in [0.25, 0.3) is 22.3 Å². The maximum Gasteiger partial charge on any atom is 0.320 e. The third-order valence-electron chi connectivity index (χ3n) is 4.62. The first-order valence-corrected chi connectivity index (χ1v) is 9.72. The normalized spacial score (nSPS) is 11.4. The molecule has 4 rings (SSSR count). The largest absolute Gasteiger partial charge is 0.345 e. The number of pyridine rings is 2. The van der Waals surface area contributed by atoms with Crippen molar-refractivity contribution in [2.75, 3.05) is 12.4 Å². The number of imidazole rings is 1. The van der Waals surface area contributed by atoms with Gasteiger partial charge in [0.05, 0.1) is 27.4 Å². The van der Waals surface area contributed by atoms with Crippen molar-refractivity contribution < 1.29 is 14.0 Å². The minimum atomic E-state index is -0.409. The lowest BCUT2D eigenvalue weighted by Crippen LogP contribution is -2.25. The maximum atomic E-state index is 14.2. The molecule has 0 radical (unpaired) electrons. The molecule has 0 aliphatic heterocycles. The Balaban J connectivity index is 1.92. The van der Waals surface area contributed by atoms with Crippen LogP contribution in [0.2, 0.25) is 5.02 Å². The molecular formula is C21H17ClFN7O2. The van der Waals surface area contributed by atoms with Crippen LogP contribution in [0.15, 0.2) is 53.8 Å². The van der Waals surface area contributed by atoms with E-state index in [1.54, 1.807) is 48.1 Å². The second-order valence-electron chi connectivity index (χ2n) is 6.60. The number of nitrogens with zero attached hydrogens (tertiary/aromatic N) is 5. The van der Waals surface area contributed by atoms with E-state index in [1.165, 1.54) is 19.3 Å². The second kappa shape index (κ2) is 8.98. The number of para-hydroxylation sites is 1. The summed E-state index contributed by atoms with van der Waals surface area (Å²) in [5.41, 5.74) is 5.43. The van der Waals surface area contributed by atoms with Crippen molar-refractivity contribution in [3.63, 3.8) is 0 Å². The molecule has 0 spiro atoms. The number of rotatable bonds is 6. The highest BCUT2D eigenvalue weighted by Crippen LogP contribution is 2.31. The summed E-state index contributed by atoms with van der Waals surface area (Å²) in [6.07, 6.45) is 3.13. The van der Waals surface area contributed by atoms with Gasteiger partial charge in [-0.15, -0.1) is 0 Å². The summed E-state index contributed by atoms with van der Waals surface area (Å²) >= 11 is 6.15. The van der Waals surface area contributed by atoms with Crippen molar-refractivity contribution in [3.05, 3.63) is 65.3 Å². The zero-order chi connectivity index (χ0) is 22.7. The lowest BCUT2D eigenvalue weighted by Gasteiger charge is -2.11. The number of amidine groups is 1. The number of aryl methyl sites for hydroxylation is 1. The third-order valence-corrected chi connectivity index (χ3v) is 4.83. The lowest BCUT2D eigenvalue weighted by atomic mass is 10.1. The van der Waals surface area contributed by atoms with Gasteiger partial charge in [0.2, 0.25) is 5.95 Å². The summed E-state index contributed by atoms with van der Waals surface area (Å²) in [7, 11) is 3.30. The van der Waals surface area contributed by atoms with E-state index in [0.717, 1.165) is 0 Å². The molecule has 0 saturated heterocycles. The first-order chi connectivity index (χ1) is 15.5. The van der Waals surface area contributed by atoms with E-state index in [1.807, 2.05) is 0 Å². The molecule has 0 atom stereocenters. The summed E-state index contributed by atoms with van der Waals surface area (Å²) in [4.78, 5) is 32.8. The summed E-state index contributed by atoms with van der Waals surface area (Å²) in [5.74, 6) is 0.199. The molecule has 0 saturated carbocycles. The number of hydrogen-bond acceptors (Lipinski definition) is 7. The minimum absolute atomic E-state index is 0.213. The Labute approximate surface area is 186 Å². The van der Waals surface area contributed by atoms with Gasteiger partial charge < -0.3 is 14.7 Å². The average Bonchev–Trinajstić information content (AvgIpc) is 3.10. The Morgan fingerprint density at radius 2 is 2.06 bits per heavy atom. The highest BCUT2D eigenvalue weighted by Gasteiger charge is 2.19. The predicted octanol–water partition coefficient (Wildman–Crippen LogP) is 3.62. The topological polar surface area (TPSA) is 106 Å². The molecule has 0 unspecified atom stereocenters. The lowest BCUT2D eigenvalue weighted by molar-refractivity contribution is -0.132. The SMILES string of the molecule is CN=C(NOC=O)c1cc2nc(Nc3ccccc3F)n(C)c2c(-c2cncc(Cl)c2)n1.